The minimum Gasteiger partial charge on any atom is -0.349 e. The lowest BCUT2D eigenvalue weighted by molar-refractivity contribution is -0.119. The highest BCUT2D eigenvalue weighted by Crippen LogP contribution is 2.29. The van der Waals surface area contributed by atoms with E-state index in [1.165, 1.54) is 11.1 Å². The molecule has 4 heteroatoms. The summed E-state index contributed by atoms with van der Waals surface area (Å²) < 4.78 is 0. The number of nitrogens with one attached hydrogen (secondary N) is 1. The van der Waals surface area contributed by atoms with Gasteiger partial charge in [0.25, 0.3) is 0 Å². The van der Waals surface area contributed by atoms with Gasteiger partial charge >= 0.3 is 0 Å². The van der Waals surface area contributed by atoms with Crippen molar-refractivity contribution in [2.45, 2.75) is 31.1 Å². The molecule has 23 heavy (non-hydrogen) atoms. The monoisotopic (exact) mass is 345 g/mol. The van der Waals surface area contributed by atoms with E-state index in [0.29, 0.717) is 5.75 Å². The van der Waals surface area contributed by atoms with Gasteiger partial charge in [0.15, 0.2) is 0 Å². The first-order valence-electron chi connectivity index (χ1n) is 7.92. The summed E-state index contributed by atoms with van der Waals surface area (Å²) >= 11 is 7.74. The fraction of sp³-hybridized carbons (Fsp3) is 0.316. The summed E-state index contributed by atoms with van der Waals surface area (Å²) in [5, 5.41) is 3.95. The van der Waals surface area contributed by atoms with Crippen LogP contribution in [-0.2, 0) is 17.0 Å². The quantitative estimate of drug-likeness (QED) is 0.845. The van der Waals surface area contributed by atoms with Crippen molar-refractivity contribution in [2.24, 2.45) is 0 Å². The van der Waals surface area contributed by atoms with Gasteiger partial charge in [-0.25, -0.2) is 0 Å². The fourth-order valence-corrected chi connectivity index (χ4v) is 4.13. The first-order chi connectivity index (χ1) is 11.2. The number of hydrogen-bond acceptors (Lipinski definition) is 2. The molecule has 0 saturated carbocycles. The third kappa shape index (κ3) is 4.30. The van der Waals surface area contributed by atoms with Crippen molar-refractivity contribution in [3.63, 3.8) is 0 Å². The number of carbonyl (C=O) groups excluding carboxylic acids is 1. The van der Waals surface area contributed by atoms with Crippen molar-refractivity contribution in [1.82, 2.24) is 5.32 Å². The third-order valence-corrected chi connectivity index (χ3v) is 5.50. The first kappa shape index (κ1) is 16.4. The summed E-state index contributed by atoms with van der Waals surface area (Å²) in [7, 11) is 0. The molecule has 0 aromatic heterocycles. The summed E-state index contributed by atoms with van der Waals surface area (Å²) in [5.74, 6) is 1.32. The van der Waals surface area contributed by atoms with Crippen LogP contribution >= 0.6 is 23.4 Å². The average Bonchev–Trinajstić information content (AvgIpc) is 2.57. The fourth-order valence-electron chi connectivity index (χ4n) is 3.01. The summed E-state index contributed by atoms with van der Waals surface area (Å²) in [6.45, 7) is 0. The number of benzene rings is 2. The normalized spacial score (nSPS) is 16.7. The Bertz CT molecular complexity index is 689. The van der Waals surface area contributed by atoms with Crippen molar-refractivity contribution in [1.29, 1.82) is 0 Å². The molecule has 0 fully saturated rings. The van der Waals surface area contributed by atoms with E-state index >= 15 is 0 Å². The van der Waals surface area contributed by atoms with Gasteiger partial charge in [0.1, 0.15) is 0 Å². The van der Waals surface area contributed by atoms with Crippen LogP contribution in [0.1, 0.15) is 35.6 Å². The molecule has 120 valence electrons. The van der Waals surface area contributed by atoms with Crippen molar-refractivity contribution in [3.8, 4) is 0 Å². The molecule has 2 aromatic carbocycles. The van der Waals surface area contributed by atoms with Crippen LogP contribution in [0.5, 0.6) is 0 Å². The number of halogens is 1. The van der Waals surface area contributed by atoms with E-state index in [-0.39, 0.29) is 11.9 Å². The zero-order chi connectivity index (χ0) is 16.1. The van der Waals surface area contributed by atoms with Gasteiger partial charge < -0.3 is 5.32 Å². The Morgan fingerprint density at radius 3 is 2.83 bits per heavy atom. The highest BCUT2D eigenvalue weighted by Gasteiger charge is 2.21. The van der Waals surface area contributed by atoms with Crippen LogP contribution in [0.25, 0.3) is 0 Å². The van der Waals surface area contributed by atoms with Crippen LogP contribution in [0.15, 0.2) is 48.5 Å². The molecule has 0 spiro atoms. The van der Waals surface area contributed by atoms with E-state index in [9.17, 15) is 4.79 Å². The van der Waals surface area contributed by atoms with Crippen molar-refractivity contribution in [2.75, 3.05) is 5.75 Å². The third-order valence-electron chi connectivity index (χ3n) is 4.15. The highest BCUT2D eigenvalue weighted by atomic mass is 35.5. The summed E-state index contributed by atoms with van der Waals surface area (Å²) in [6.07, 6.45) is 3.27. The maximum atomic E-state index is 12.2. The first-order valence-corrected chi connectivity index (χ1v) is 9.45. The lowest BCUT2D eigenvalue weighted by Gasteiger charge is -2.26. The van der Waals surface area contributed by atoms with E-state index in [1.54, 1.807) is 11.8 Å². The Morgan fingerprint density at radius 1 is 1.17 bits per heavy atom. The molecule has 1 aliphatic carbocycles. The van der Waals surface area contributed by atoms with Gasteiger partial charge in [-0.2, -0.15) is 0 Å². The lowest BCUT2D eigenvalue weighted by Crippen LogP contribution is -2.32. The van der Waals surface area contributed by atoms with Crippen LogP contribution in [0.4, 0.5) is 0 Å². The van der Waals surface area contributed by atoms with Crippen molar-refractivity contribution >= 4 is 29.3 Å². The number of aryl methyl sites for hydroxylation is 1. The van der Waals surface area contributed by atoms with Crippen LogP contribution in [0, 0.1) is 0 Å². The molecule has 1 atom stereocenters. The minimum atomic E-state index is 0.101. The van der Waals surface area contributed by atoms with E-state index in [0.717, 1.165) is 35.6 Å². The molecule has 0 aliphatic heterocycles. The highest BCUT2D eigenvalue weighted by molar-refractivity contribution is 7.99. The van der Waals surface area contributed by atoms with Crippen LogP contribution < -0.4 is 5.32 Å². The molecule has 0 bridgehead atoms. The minimum absolute atomic E-state index is 0.101. The molecule has 1 aliphatic rings. The van der Waals surface area contributed by atoms with Crippen LogP contribution in [0.2, 0.25) is 5.02 Å². The second-order valence-electron chi connectivity index (χ2n) is 5.80. The molecular formula is C19H20ClNOS. The Hall–Kier alpha value is -1.45. The molecule has 0 heterocycles. The Kier molecular flexibility index (Phi) is 5.63. The Labute approximate surface area is 146 Å². The number of thioether (sulfide) groups is 1. The molecule has 2 aromatic rings. The van der Waals surface area contributed by atoms with Gasteiger partial charge in [0.2, 0.25) is 5.91 Å². The second-order valence-corrected chi connectivity index (χ2v) is 7.19. The molecule has 3 rings (SSSR count). The maximum Gasteiger partial charge on any atom is 0.230 e. The lowest BCUT2D eigenvalue weighted by atomic mass is 9.88. The van der Waals surface area contributed by atoms with E-state index in [1.807, 2.05) is 24.3 Å². The predicted molar refractivity (Wildman–Crippen MR) is 97.9 cm³/mol. The molecule has 0 unspecified atom stereocenters. The summed E-state index contributed by atoms with van der Waals surface area (Å²) in [5.41, 5.74) is 3.73. The number of amides is 1. The van der Waals surface area contributed by atoms with E-state index in [2.05, 4.69) is 29.6 Å². The maximum absolute atomic E-state index is 12.2. The summed E-state index contributed by atoms with van der Waals surface area (Å²) in [6, 6.07) is 16.4. The van der Waals surface area contributed by atoms with Gasteiger partial charge in [-0.3, -0.25) is 4.79 Å². The molecular weight excluding hydrogens is 326 g/mol. The van der Waals surface area contributed by atoms with Gasteiger partial charge in [0.05, 0.1) is 11.8 Å². The molecule has 2 nitrogen and oxygen atoms in total. The second kappa shape index (κ2) is 7.89. The Morgan fingerprint density at radius 2 is 1.96 bits per heavy atom. The average molecular weight is 346 g/mol. The zero-order valence-corrected chi connectivity index (χ0v) is 14.5. The number of rotatable bonds is 5. The van der Waals surface area contributed by atoms with Crippen molar-refractivity contribution in [3.05, 3.63) is 70.2 Å². The summed E-state index contributed by atoms with van der Waals surface area (Å²) in [4.78, 5) is 12.2. The van der Waals surface area contributed by atoms with Gasteiger partial charge in [0, 0.05) is 10.8 Å². The van der Waals surface area contributed by atoms with E-state index in [4.69, 9.17) is 11.6 Å². The van der Waals surface area contributed by atoms with E-state index < -0.39 is 0 Å². The number of fused-ring (bicyclic) bond motifs is 1. The Balaban J connectivity index is 1.52. The predicted octanol–water partition coefficient (Wildman–Crippen LogP) is 4.77. The largest absolute Gasteiger partial charge is 0.349 e. The standard InChI is InChI=1S/C19H20ClNOS/c20-17-10-4-2-7-15(17)12-23-13-19(22)21-18-11-5-8-14-6-1-3-9-16(14)18/h1-4,6-7,9-10,18H,5,8,11-13H2,(H,21,22)/t18-/m0/s1. The van der Waals surface area contributed by atoms with Gasteiger partial charge in [-0.15, -0.1) is 11.8 Å². The van der Waals surface area contributed by atoms with Crippen LogP contribution in [0.3, 0.4) is 0 Å². The van der Waals surface area contributed by atoms with Crippen molar-refractivity contribution < 1.29 is 4.79 Å². The smallest absolute Gasteiger partial charge is 0.230 e. The molecule has 0 radical (unpaired) electrons. The number of carbonyl (C=O) groups is 1. The molecule has 0 saturated heterocycles. The van der Waals surface area contributed by atoms with Gasteiger partial charge in [-0.05, 0) is 42.0 Å². The molecule has 1 amide bonds. The zero-order valence-electron chi connectivity index (χ0n) is 12.9. The topological polar surface area (TPSA) is 29.1 Å². The van der Waals surface area contributed by atoms with Crippen LogP contribution in [-0.4, -0.2) is 11.7 Å². The van der Waals surface area contributed by atoms with Gasteiger partial charge in [-0.1, -0.05) is 54.1 Å². The number of hydrogen-bond donors (Lipinski definition) is 1. The molecule has 1 N–H and O–H groups in total. The SMILES string of the molecule is O=C(CSCc1ccccc1Cl)N[C@H]1CCCc2ccccc21.